The summed E-state index contributed by atoms with van der Waals surface area (Å²) < 4.78 is 33.8. The zero-order chi connectivity index (χ0) is 22.5. The molecule has 0 spiro atoms. The Morgan fingerprint density at radius 2 is 1.80 bits per heavy atom. The number of rotatable bonds is 9. The summed E-state index contributed by atoms with van der Waals surface area (Å²) in [5, 5.41) is 2.90. The van der Waals surface area contributed by atoms with Gasteiger partial charge in [0.15, 0.2) is 0 Å². The van der Waals surface area contributed by atoms with Crippen molar-refractivity contribution in [3.05, 3.63) is 51.5 Å². The number of ether oxygens (including phenoxy) is 1. The molecule has 30 heavy (non-hydrogen) atoms. The van der Waals surface area contributed by atoms with Crippen LogP contribution in [0.5, 0.6) is 5.75 Å². The molecule has 0 heterocycles. The predicted octanol–water partition coefficient (Wildman–Crippen LogP) is 4.68. The smallest absolute Gasteiger partial charge is 0.243 e. The van der Waals surface area contributed by atoms with Gasteiger partial charge in [-0.05, 0) is 74.2 Å². The third-order valence-corrected chi connectivity index (χ3v) is 7.16. The van der Waals surface area contributed by atoms with E-state index in [-0.39, 0.29) is 23.9 Å². The van der Waals surface area contributed by atoms with Crippen molar-refractivity contribution in [2.45, 2.75) is 45.9 Å². The lowest BCUT2D eigenvalue weighted by Crippen LogP contribution is -2.38. The maximum atomic E-state index is 13.1. The van der Waals surface area contributed by atoms with Crippen LogP contribution in [0.2, 0.25) is 0 Å². The lowest BCUT2D eigenvalue weighted by atomic mass is 10.1. The van der Waals surface area contributed by atoms with Gasteiger partial charge in [0.1, 0.15) is 5.75 Å². The molecule has 1 N–H and O–H groups in total. The minimum Gasteiger partial charge on any atom is -0.494 e. The molecule has 2 rings (SSSR count). The number of halogens is 1. The molecule has 0 aliphatic rings. The fourth-order valence-corrected chi connectivity index (χ4v) is 5.34. The summed E-state index contributed by atoms with van der Waals surface area (Å²) in [7, 11) is -3.82. The Morgan fingerprint density at radius 1 is 1.10 bits per heavy atom. The Balaban J connectivity index is 2.24. The van der Waals surface area contributed by atoms with Crippen LogP contribution in [0.4, 0.5) is 5.69 Å². The van der Waals surface area contributed by atoms with Gasteiger partial charge in [-0.2, -0.15) is 4.31 Å². The maximum absolute atomic E-state index is 13.1. The minimum atomic E-state index is -3.82. The van der Waals surface area contributed by atoms with Gasteiger partial charge >= 0.3 is 0 Å². The third-order valence-electron chi connectivity index (χ3n) is 4.78. The molecule has 164 valence electrons. The molecule has 0 aliphatic heterocycles. The van der Waals surface area contributed by atoms with Gasteiger partial charge in [0.25, 0.3) is 0 Å². The summed E-state index contributed by atoms with van der Waals surface area (Å²) in [4.78, 5) is 12.9. The maximum Gasteiger partial charge on any atom is 0.243 e. The molecule has 0 saturated carbocycles. The van der Waals surface area contributed by atoms with Gasteiger partial charge in [0.2, 0.25) is 15.9 Å². The normalized spacial score (nSPS) is 11.6. The van der Waals surface area contributed by atoms with Crippen molar-refractivity contribution >= 4 is 37.5 Å². The number of aryl methyl sites for hydroxylation is 3. The Kier molecular flexibility index (Phi) is 8.46. The highest BCUT2D eigenvalue weighted by Gasteiger charge is 2.26. The molecule has 6 nitrogen and oxygen atoms in total. The van der Waals surface area contributed by atoms with Crippen LogP contribution in [-0.2, 0) is 21.2 Å². The molecule has 0 aliphatic carbocycles. The highest BCUT2D eigenvalue weighted by molar-refractivity contribution is 9.10. The molecule has 0 unspecified atom stereocenters. The number of nitrogens with zero attached hydrogens (tertiary/aromatic N) is 1. The second kappa shape index (κ2) is 10.4. The molecule has 0 atom stereocenters. The standard InChI is InChI=1S/C22H29BrN2O4S/c1-6-17-13-18(23)11-16(5)22(17)24-21(26)14-25(7-2)30(27,28)19-9-10-20(29-8-3)15(4)12-19/h9-13H,6-8,14H2,1-5H3,(H,24,26). The van der Waals surface area contributed by atoms with Crippen LogP contribution >= 0.6 is 15.9 Å². The molecular formula is C22H29BrN2O4S. The zero-order valence-corrected chi connectivity index (χ0v) is 20.5. The number of carbonyl (C=O) groups is 1. The number of amides is 1. The topological polar surface area (TPSA) is 75.7 Å². The fourth-order valence-electron chi connectivity index (χ4n) is 3.22. The van der Waals surface area contributed by atoms with Crippen molar-refractivity contribution in [1.29, 1.82) is 0 Å². The summed E-state index contributed by atoms with van der Waals surface area (Å²) in [6.07, 6.45) is 0.747. The largest absolute Gasteiger partial charge is 0.494 e. The van der Waals surface area contributed by atoms with Crippen LogP contribution < -0.4 is 10.1 Å². The number of likely N-dealkylation sites (N-methyl/N-ethyl adjacent to an activating group) is 1. The summed E-state index contributed by atoms with van der Waals surface area (Å²) in [6, 6.07) is 8.63. The van der Waals surface area contributed by atoms with Gasteiger partial charge in [0.05, 0.1) is 18.0 Å². The van der Waals surface area contributed by atoms with E-state index in [2.05, 4.69) is 21.2 Å². The van der Waals surface area contributed by atoms with E-state index in [1.165, 1.54) is 10.4 Å². The Hall–Kier alpha value is -1.90. The lowest BCUT2D eigenvalue weighted by Gasteiger charge is -2.21. The second-order valence-corrected chi connectivity index (χ2v) is 9.80. The van der Waals surface area contributed by atoms with E-state index >= 15 is 0 Å². The molecule has 8 heteroatoms. The number of carbonyl (C=O) groups excluding carboxylic acids is 1. The number of hydrogen-bond donors (Lipinski definition) is 1. The van der Waals surface area contributed by atoms with Gasteiger partial charge in [-0.15, -0.1) is 0 Å². The Morgan fingerprint density at radius 3 is 2.37 bits per heavy atom. The van der Waals surface area contributed by atoms with Gasteiger partial charge in [-0.3, -0.25) is 4.79 Å². The Bertz CT molecular complexity index is 1020. The van der Waals surface area contributed by atoms with E-state index in [0.717, 1.165) is 33.3 Å². The summed E-state index contributed by atoms with van der Waals surface area (Å²) in [6.45, 7) is 9.74. The number of anilines is 1. The van der Waals surface area contributed by atoms with Crippen molar-refractivity contribution in [2.75, 3.05) is 25.0 Å². The van der Waals surface area contributed by atoms with Crippen LogP contribution in [0.25, 0.3) is 0 Å². The number of nitrogens with one attached hydrogen (secondary N) is 1. The zero-order valence-electron chi connectivity index (χ0n) is 18.1. The van der Waals surface area contributed by atoms with Crippen LogP contribution in [0.15, 0.2) is 39.7 Å². The minimum absolute atomic E-state index is 0.146. The van der Waals surface area contributed by atoms with E-state index < -0.39 is 10.0 Å². The molecule has 1 amide bonds. The van der Waals surface area contributed by atoms with Crippen molar-refractivity contribution < 1.29 is 17.9 Å². The highest BCUT2D eigenvalue weighted by Crippen LogP contribution is 2.27. The molecule has 0 aromatic heterocycles. The molecule has 0 fully saturated rings. The van der Waals surface area contributed by atoms with Crippen LogP contribution in [0, 0.1) is 13.8 Å². The van der Waals surface area contributed by atoms with Gasteiger partial charge < -0.3 is 10.1 Å². The highest BCUT2D eigenvalue weighted by atomic mass is 79.9. The summed E-state index contributed by atoms with van der Waals surface area (Å²) in [5.74, 6) is 0.276. The first-order valence-electron chi connectivity index (χ1n) is 9.96. The average molecular weight is 497 g/mol. The predicted molar refractivity (Wildman–Crippen MR) is 124 cm³/mol. The lowest BCUT2D eigenvalue weighted by molar-refractivity contribution is -0.116. The van der Waals surface area contributed by atoms with Crippen molar-refractivity contribution in [1.82, 2.24) is 4.31 Å². The first kappa shape index (κ1) is 24.4. The van der Waals surface area contributed by atoms with E-state index in [4.69, 9.17) is 4.74 Å². The van der Waals surface area contributed by atoms with E-state index in [9.17, 15) is 13.2 Å². The van der Waals surface area contributed by atoms with Crippen molar-refractivity contribution in [3.63, 3.8) is 0 Å². The number of hydrogen-bond acceptors (Lipinski definition) is 4. The first-order valence-corrected chi connectivity index (χ1v) is 12.2. The van der Waals surface area contributed by atoms with Crippen molar-refractivity contribution in [3.8, 4) is 5.75 Å². The van der Waals surface area contributed by atoms with Crippen molar-refractivity contribution in [2.24, 2.45) is 0 Å². The van der Waals surface area contributed by atoms with Crippen LogP contribution in [0.3, 0.4) is 0 Å². The summed E-state index contributed by atoms with van der Waals surface area (Å²) in [5.41, 5.74) is 3.37. The fraction of sp³-hybridized carbons (Fsp3) is 0.409. The summed E-state index contributed by atoms with van der Waals surface area (Å²) >= 11 is 3.47. The molecular weight excluding hydrogens is 468 g/mol. The second-order valence-electron chi connectivity index (χ2n) is 6.95. The monoisotopic (exact) mass is 496 g/mol. The van der Waals surface area contributed by atoms with Crippen LogP contribution in [0.1, 0.15) is 37.5 Å². The molecule has 2 aromatic carbocycles. The molecule has 0 radical (unpaired) electrons. The Labute approximate surface area is 187 Å². The average Bonchev–Trinajstić information content (AvgIpc) is 2.69. The SMILES string of the molecule is CCOc1ccc(S(=O)(=O)N(CC)CC(=O)Nc2c(C)cc(Br)cc2CC)cc1C. The number of sulfonamides is 1. The molecule has 0 bridgehead atoms. The molecule has 0 saturated heterocycles. The van der Waals surface area contributed by atoms with E-state index in [1.54, 1.807) is 26.0 Å². The third kappa shape index (κ3) is 5.62. The van der Waals surface area contributed by atoms with E-state index in [0.29, 0.717) is 12.4 Å². The first-order chi connectivity index (χ1) is 14.1. The van der Waals surface area contributed by atoms with E-state index in [1.807, 2.05) is 32.9 Å². The van der Waals surface area contributed by atoms with Gasteiger partial charge in [-0.1, -0.05) is 29.8 Å². The quantitative estimate of drug-likeness (QED) is 0.546. The van der Waals surface area contributed by atoms with Gasteiger partial charge in [-0.25, -0.2) is 8.42 Å². The number of benzene rings is 2. The van der Waals surface area contributed by atoms with Crippen LogP contribution in [-0.4, -0.2) is 38.3 Å². The van der Waals surface area contributed by atoms with Gasteiger partial charge in [0, 0.05) is 16.7 Å². The molecule has 2 aromatic rings.